The van der Waals surface area contributed by atoms with Crippen LogP contribution in [0.4, 0.5) is 0 Å². The molecule has 5 radical (unpaired) electrons. The van der Waals surface area contributed by atoms with Crippen LogP contribution in [0.2, 0.25) is 0 Å². The molecule has 0 aromatic heterocycles. The predicted molar refractivity (Wildman–Crippen MR) is 93.8 cm³/mol. The van der Waals surface area contributed by atoms with Gasteiger partial charge in [-0.3, -0.25) is 0 Å². The standard InChI is InChI=1S/C12H11P.C5H5.3CO.W/c1-3-7-11(8-4-1)13-12-9-5-2-6-10-12;1-2-4-5-3-1;3*1-2;/h1-10,13H;1-5H;;;;. The first-order chi connectivity index (χ1) is 11.9. The minimum Gasteiger partial charge on any atom is -0.0622 e. The van der Waals surface area contributed by atoms with Crippen molar-refractivity contribution >= 4 is 19.2 Å². The molecule has 2 aromatic carbocycles. The Morgan fingerprint density at radius 2 is 0.720 bits per heavy atom. The summed E-state index contributed by atoms with van der Waals surface area (Å²) in [5, 5.41) is 2.79. The molecule has 25 heavy (non-hydrogen) atoms. The molecule has 0 aliphatic heterocycles. The van der Waals surface area contributed by atoms with Gasteiger partial charge in [0.15, 0.2) is 0 Å². The Labute approximate surface area is 166 Å². The van der Waals surface area contributed by atoms with E-state index in [0.29, 0.717) is 0 Å². The van der Waals surface area contributed by atoms with Crippen LogP contribution >= 0.6 is 8.58 Å². The van der Waals surface area contributed by atoms with Crippen LogP contribution < -0.4 is 10.6 Å². The zero-order chi connectivity index (χ0) is 18.5. The molecule has 125 valence electrons. The molecule has 0 spiro atoms. The molecule has 0 bridgehead atoms. The average molecular weight is 519 g/mol. The number of benzene rings is 2. The van der Waals surface area contributed by atoms with Gasteiger partial charge >= 0.3 is 33.9 Å². The maximum atomic E-state index is 7.50. The first kappa shape index (κ1) is 28.6. The Morgan fingerprint density at radius 3 is 0.960 bits per heavy atom. The molecule has 1 fully saturated rings. The van der Waals surface area contributed by atoms with Gasteiger partial charge in [-0.25, -0.2) is 0 Å². The Balaban J connectivity index is -0.000000340. The molecule has 1 aliphatic carbocycles. The fourth-order valence-electron chi connectivity index (χ4n) is 1.53. The number of hydrogen-bond acceptors (Lipinski definition) is 0. The van der Waals surface area contributed by atoms with Crippen molar-refractivity contribution in [3.05, 3.63) is 113 Å². The Bertz CT molecular complexity index is 490. The molecule has 5 heteroatoms. The third-order valence-corrected chi connectivity index (χ3v) is 3.64. The predicted octanol–water partition coefficient (Wildman–Crippen LogP) is 3.22. The van der Waals surface area contributed by atoms with Crippen LogP contribution in [-0.2, 0) is 35.0 Å². The zero-order valence-electron chi connectivity index (χ0n) is 13.3. The minimum absolute atomic E-state index is 0. The van der Waals surface area contributed by atoms with Gasteiger partial charge in [0, 0.05) is 21.1 Å². The Morgan fingerprint density at radius 1 is 0.480 bits per heavy atom. The summed E-state index contributed by atoms with van der Waals surface area (Å²) in [5.41, 5.74) is 0. The molecule has 0 N–H and O–H groups in total. The molecule has 0 amide bonds. The summed E-state index contributed by atoms with van der Waals surface area (Å²) in [4.78, 5) is 0. The summed E-state index contributed by atoms with van der Waals surface area (Å²) < 4.78 is 22.5. The summed E-state index contributed by atoms with van der Waals surface area (Å²) in [6.45, 7) is 13.5. The van der Waals surface area contributed by atoms with Crippen molar-refractivity contribution in [2.45, 2.75) is 0 Å². The van der Waals surface area contributed by atoms with Gasteiger partial charge < -0.3 is 0 Å². The first-order valence-corrected chi connectivity index (χ1v) is 7.60. The van der Waals surface area contributed by atoms with E-state index in [1.807, 2.05) is 32.1 Å². The van der Waals surface area contributed by atoms with Gasteiger partial charge in [0.2, 0.25) is 0 Å². The summed E-state index contributed by atoms with van der Waals surface area (Å²) in [6.07, 6.45) is 10.0. The van der Waals surface area contributed by atoms with Crippen LogP contribution in [0.15, 0.2) is 60.7 Å². The molecule has 3 nitrogen and oxygen atoms in total. The Kier molecular flexibility index (Phi) is 28.6. The number of rotatable bonds is 2. The van der Waals surface area contributed by atoms with Crippen molar-refractivity contribution in [2.75, 3.05) is 0 Å². The zero-order valence-corrected chi connectivity index (χ0v) is 17.2. The summed E-state index contributed by atoms with van der Waals surface area (Å²) in [5.74, 6) is 0. The van der Waals surface area contributed by atoms with Crippen molar-refractivity contribution in [1.29, 1.82) is 0 Å². The maximum absolute atomic E-state index is 7.50. The molecule has 0 atom stereocenters. The van der Waals surface area contributed by atoms with Gasteiger partial charge in [0.05, 0.1) is 0 Å². The smallest absolute Gasteiger partial charge is 0 e. The van der Waals surface area contributed by atoms with Gasteiger partial charge in [-0.1, -0.05) is 69.2 Å². The SMILES string of the molecule is [C-]#[O+].[C-]#[O+].[C-]#[O+].[CH]1[CH][CH][CH][CH]1.[W].c1ccc(Pc2ccccc2)cc1. The van der Waals surface area contributed by atoms with Crippen LogP contribution in [0.25, 0.3) is 0 Å². The molecule has 3 rings (SSSR count). The second-order valence-corrected chi connectivity index (χ2v) is 5.22. The maximum Gasteiger partial charge on any atom is 0 e. The van der Waals surface area contributed by atoms with E-state index in [-0.39, 0.29) is 21.1 Å². The quantitative estimate of drug-likeness (QED) is 0.333. The van der Waals surface area contributed by atoms with Crippen LogP contribution in [0.3, 0.4) is 0 Å². The van der Waals surface area contributed by atoms with E-state index in [1.165, 1.54) is 10.6 Å². The summed E-state index contributed by atoms with van der Waals surface area (Å²) in [6, 6.07) is 21.2. The van der Waals surface area contributed by atoms with E-state index in [9.17, 15) is 0 Å². The van der Waals surface area contributed by atoms with E-state index in [0.717, 1.165) is 8.58 Å². The van der Waals surface area contributed by atoms with Crippen LogP contribution in [0.5, 0.6) is 0 Å². The van der Waals surface area contributed by atoms with E-state index in [4.69, 9.17) is 14.0 Å². The second kappa shape index (κ2) is 25.0. The van der Waals surface area contributed by atoms with Crippen molar-refractivity contribution in [1.82, 2.24) is 0 Å². The van der Waals surface area contributed by atoms with Gasteiger partial charge in [0.1, 0.15) is 0 Å². The van der Waals surface area contributed by atoms with E-state index in [2.05, 4.69) is 80.6 Å². The molecule has 0 saturated heterocycles. The van der Waals surface area contributed by atoms with E-state index >= 15 is 0 Å². The molecular formula is C20H16O3PW. The minimum atomic E-state index is 0. The summed E-state index contributed by atoms with van der Waals surface area (Å²) in [7, 11) is 0.777. The van der Waals surface area contributed by atoms with Crippen LogP contribution in [-0.4, -0.2) is 0 Å². The topological polar surface area (TPSA) is 59.7 Å². The largest absolute Gasteiger partial charge is 0.0622 e. The molecular weight excluding hydrogens is 503 g/mol. The summed E-state index contributed by atoms with van der Waals surface area (Å²) >= 11 is 0. The molecule has 0 heterocycles. The van der Waals surface area contributed by atoms with Gasteiger partial charge in [0.25, 0.3) is 0 Å². The third-order valence-electron chi connectivity index (χ3n) is 2.39. The normalized spacial score (nSPS) is 10.2. The van der Waals surface area contributed by atoms with E-state index < -0.39 is 0 Å². The molecule has 1 aliphatic rings. The van der Waals surface area contributed by atoms with Gasteiger partial charge in [-0.15, -0.1) is 0 Å². The van der Waals surface area contributed by atoms with Crippen molar-refractivity contribution in [3.8, 4) is 0 Å². The molecule has 2 aromatic rings. The first-order valence-electron chi connectivity index (χ1n) is 6.60. The fourth-order valence-corrected chi connectivity index (χ4v) is 2.58. The fraction of sp³-hybridized carbons (Fsp3) is 0. The van der Waals surface area contributed by atoms with Crippen LogP contribution in [0, 0.1) is 52.1 Å². The van der Waals surface area contributed by atoms with Gasteiger partial charge in [-0.2, -0.15) is 0 Å². The van der Waals surface area contributed by atoms with Crippen LogP contribution in [0.1, 0.15) is 0 Å². The number of hydrogen-bond donors (Lipinski definition) is 0. The van der Waals surface area contributed by atoms with Crippen molar-refractivity contribution in [2.24, 2.45) is 0 Å². The van der Waals surface area contributed by atoms with Crippen molar-refractivity contribution < 1.29 is 35.0 Å². The monoisotopic (exact) mass is 519 g/mol. The Hall–Kier alpha value is -1.22. The van der Waals surface area contributed by atoms with E-state index in [1.54, 1.807) is 0 Å². The molecule has 0 unspecified atom stereocenters. The molecule has 1 saturated carbocycles. The van der Waals surface area contributed by atoms with Crippen molar-refractivity contribution in [3.63, 3.8) is 0 Å². The third kappa shape index (κ3) is 17.4. The second-order valence-electron chi connectivity index (χ2n) is 3.82. The average Bonchev–Trinajstić information content (AvgIpc) is 3.28. The van der Waals surface area contributed by atoms with Gasteiger partial charge in [-0.05, 0) is 42.7 Å².